The van der Waals surface area contributed by atoms with Crippen LogP contribution in [0.2, 0.25) is 0 Å². The fraction of sp³-hybridized carbons (Fsp3) is 0.611. The van der Waals surface area contributed by atoms with E-state index in [4.69, 9.17) is 4.74 Å². The van der Waals surface area contributed by atoms with Gasteiger partial charge in [-0.2, -0.15) is 0 Å². The lowest BCUT2D eigenvalue weighted by atomic mass is 9.97. The number of hydrogen-bond donors (Lipinski definition) is 1. The second-order valence-electron chi connectivity index (χ2n) is 7.04. The lowest BCUT2D eigenvalue weighted by Gasteiger charge is -2.32. The maximum atomic E-state index is 12.5. The van der Waals surface area contributed by atoms with Crippen molar-refractivity contribution in [1.29, 1.82) is 0 Å². The number of nitrogens with zero attached hydrogens (tertiary/aromatic N) is 1. The molecule has 0 aliphatic carbocycles. The summed E-state index contributed by atoms with van der Waals surface area (Å²) in [6, 6.07) is 10.1. The van der Waals surface area contributed by atoms with Gasteiger partial charge in [-0.05, 0) is 58.2 Å². The second-order valence-corrected chi connectivity index (χ2v) is 7.04. The van der Waals surface area contributed by atoms with E-state index in [0.717, 1.165) is 38.0 Å². The Bertz CT molecular complexity index is 462. The normalized spacial score (nSPS) is 16.3. The summed E-state index contributed by atoms with van der Waals surface area (Å²) < 4.78 is 5.58. The highest BCUT2D eigenvalue weighted by atomic mass is 16.6. The van der Waals surface area contributed by atoms with Crippen molar-refractivity contribution in [2.75, 3.05) is 19.6 Å². The van der Waals surface area contributed by atoms with Gasteiger partial charge in [-0.25, -0.2) is 4.79 Å². The molecule has 0 atom stereocenters. The summed E-state index contributed by atoms with van der Waals surface area (Å²) >= 11 is 0. The Morgan fingerprint density at radius 1 is 1.23 bits per heavy atom. The molecule has 22 heavy (non-hydrogen) atoms. The molecule has 2 rings (SSSR count). The van der Waals surface area contributed by atoms with Gasteiger partial charge >= 0.3 is 6.09 Å². The quantitative estimate of drug-likeness (QED) is 0.926. The smallest absolute Gasteiger partial charge is 0.410 e. The summed E-state index contributed by atoms with van der Waals surface area (Å²) in [5.41, 5.74) is 0.683. The van der Waals surface area contributed by atoms with Crippen LogP contribution < -0.4 is 5.32 Å². The highest BCUT2D eigenvalue weighted by Gasteiger charge is 2.25. The van der Waals surface area contributed by atoms with Gasteiger partial charge in [-0.1, -0.05) is 30.3 Å². The van der Waals surface area contributed by atoms with Gasteiger partial charge in [0.25, 0.3) is 0 Å². The number of benzene rings is 1. The van der Waals surface area contributed by atoms with Crippen LogP contribution in [0, 0.1) is 5.92 Å². The predicted octanol–water partition coefficient (Wildman–Crippen LogP) is 3.42. The molecule has 1 aliphatic heterocycles. The van der Waals surface area contributed by atoms with Crippen LogP contribution in [-0.2, 0) is 11.3 Å². The van der Waals surface area contributed by atoms with Crippen molar-refractivity contribution in [2.45, 2.75) is 45.8 Å². The first kappa shape index (κ1) is 16.8. The molecule has 1 heterocycles. The van der Waals surface area contributed by atoms with E-state index in [0.29, 0.717) is 12.5 Å². The first-order chi connectivity index (χ1) is 10.4. The SMILES string of the molecule is CC(C)(C)OC(=O)N(Cc1ccccc1)CC1CCNCC1. The van der Waals surface area contributed by atoms with E-state index < -0.39 is 5.60 Å². The largest absolute Gasteiger partial charge is 0.444 e. The zero-order valence-corrected chi connectivity index (χ0v) is 14.0. The molecule has 0 unspecified atom stereocenters. The molecule has 1 amide bonds. The van der Waals surface area contributed by atoms with Crippen molar-refractivity contribution >= 4 is 6.09 Å². The Kier molecular flexibility index (Phi) is 5.83. The van der Waals surface area contributed by atoms with Crippen molar-refractivity contribution in [3.8, 4) is 0 Å². The van der Waals surface area contributed by atoms with Crippen molar-refractivity contribution in [2.24, 2.45) is 5.92 Å². The van der Waals surface area contributed by atoms with Gasteiger partial charge in [0, 0.05) is 13.1 Å². The second kappa shape index (κ2) is 7.63. The minimum atomic E-state index is -0.458. The molecule has 4 heteroatoms. The molecule has 0 saturated carbocycles. The minimum Gasteiger partial charge on any atom is -0.444 e. The monoisotopic (exact) mass is 304 g/mol. The van der Waals surface area contributed by atoms with Crippen LogP contribution in [0.4, 0.5) is 4.79 Å². The average Bonchev–Trinajstić information content (AvgIpc) is 2.47. The number of hydrogen-bond acceptors (Lipinski definition) is 3. The van der Waals surface area contributed by atoms with Gasteiger partial charge in [0.15, 0.2) is 0 Å². The Morgan fingerprint density at radius 2 is 1.86 bits per heavy atom. The first-order valence-corrected chi connectivity index (χ1v) is 8.16. The Hall–Kier alpha value is -1.55. The predicted molar refractivity (Wildman–Crippen MR) is 88.7 cm³/mol. The summed E-state index contributed by atoms with van der Waals surface area (Å²) in [7, 11) is 0. The van der Waals surface area contributed by atoms with Crippen LogP contribution in [0.15, 0.2) is 30.3 Å². The average molecular weight is 304 g/mol. The highest BCUT2D eigenvalue weighted by molar-refractivity contribution is 5.68. The molecule has 1 aromatic carbocycles. The van der Waals surface area contributed by atoms with Gasteiger partial charge in [0.1, 0.15) is 5.60 Å². The van der Waals surface area contributed by atoms with E-state index in [1.165, 1.54) is 0 Å². The molecular weight excluding hydrogens is 276 g/mol. The van der Waals surface area contributed by atoms with E-state index in [2.05, 4.69) is 17.4 Å². The summed E-state index contributed by atoms with van der Waals surface area (Å²) in [6.07, 6.45) is 2.03. The lowest BCUT2D eigenvalue weighted by molar-refractivity contribution is 0.0192. The molecule has 1 saturated heterocycles. The van der Waals surface area contributed by atoms with Crippen LogP contribution in [0.25, 0.3) is 0 Å². The van der Waals surface area contributed by atoms with Gasteiger partial charge in [-0.3, -0.25) is 0 Å². The molecule has 1 fully saturated rings. The van der Waals surface area contributed by atoms with E-state index in [-0.39, 0.29) is 6.09 Å². The summed E-state index contributed by atoms with van der Waals surface area (Å²) in [4.78, 5) is 14.4. The molecule has 0 aromatic heterocycles. The van der Waals surface area contributed by atoms with Crippen LogP contribution in [0.3, 0.4) is 0 Å². The standard InChI is InChI=1S/C18H28N2O2/c1-18(2,3)22-17(21)20(13-15-7-5-4-6-8-15)14-16-9-11-19-12-10-16/h4-8,16,19H,9-14H2,1-3H3. The van der Waals surface area contributed by atoms with Gasteiger partial charge < -0.3 is 15.0 Å². The van der Waals surface area contributed by atoms with Crippen LogP contribution in [0.5, 0.6) is 0 Å². The van der Waals surface area contributed by atoms with Crippen molar-refractivity contribution in [3.05, 3.63) is 35.9 Å². The number of rotatable bonds is 4. The maximum Gasteiger partial charge on any atom is 0.410 e. The first-order valence-electron chi connectivity index (χ1n) is 8.16. The number of carbonyl (C=O) groups excluding carboxylic acids is 1. The molecule has 1 N–H and O–H groups in total. The van der Waals surface area contributed by atoms with Crippen molar-refractivity contribution < 1.29 is 9.53 Å². The molecule has 0 spiro atoms. The van der Waals surface area contributed by atoms with Crippen LogP contribution in [-0.4, -0.2) is 36.2 Å². The molecule has 122 valence electrons. The van der Waals surface area contributed by atoms with Crippen molar-refractivity contribution in [3.63, 3.8) is 0 Å². The third-order valence-electron chi connectivity index (χ3n) is 3.81. The fourth-order valence-corrected chi connectivity index (χ4v) is 2.71. The third kappa shape index (κ3) is 5.68. The number of nitrogens with one attached hydrogen (secondary N) is 1. The summed E-state index contributed by atoms with van der Waals surface area (Å²) in [5, 5.41) is 3.37. The topological polar surface area (TPSA) is 41.6 Å². The Labute approximate surface area is 133 Å². The summed E-state index contributed by atoms with van der Waals surface area (Å²) in [6.45, 7) is 9.20. The number of ether oxygens (including phenoxy) is 1. The lowest BCUT2D eigenvalue weighted by Crippen LogP contribution is -2.41. The zero-order chi connectivity index (χ0) is 16.0. The maximum absolute atomic E-state index is 12.5. The number of carbonyl (C=O) groups is 1. The van der Waals surface area contributed by atoms with E-state index in [1.54, 1.807) is 0 Å². The molecule has 4 nitrogen and oxygen atoms in total. The Morgan fingerprint density at radius 3 is 2.45 bits per heavy atom. The third-order valence-corrected chi connectivity index (χ3v) is 3.81. The zero-order valence-electron chi connectivity index (χ0n) is 14.0. The minimum absolute atomic E-state index is 0.213. The van der Waals surface area contributed by atoms with E-state index >= 15 is 0 Å². The fourth-order valence-electron chi connectivity index (χ4n) is 2.71. The van der Waals surface area contributed by atoms with Gasteiger partial charge in [0.2, 0.25) is 0 Å². The number of amides is 1. The van der Waals surface area contributed by atoms with Crippen molar-refractivity contribution in [1.82, 2.24) is 10.2 Å². The van der Waals surface area contributed by atoms with E-state index in [1.807, 2.05) is 43.9 Å². The molecule has 0 radical (unpaired) electrons. The number of piperidine rings is 1. The van der Waals surface area contributed by atoms with Gasteiger partial charge in [-0.15, -0.1) is 0 Å². The van der Waals surface area contributed by atoms with E-state index in [9.17, 15) is 4.79 Å². The van der Waals surface area contributed by atoms with Crippen LogP contribution >= 0.6 is 0 Å². The molecular formula is C18H28N2O2. The Balaban J connectivity index is 2.03. The van der Waals surface area contributed by atoms with Crippen LogP contribution in [0.1, 0.15) is 39.2 Å². The van der Waals surface area contributed by atoms with Gasteiger partial charge in [0.05, 0.1) is 0 Å². The molecule has 1 aromatic rings. The highest BCUT2D eigenvalue weighted by Crippen LogP contribution is 2.18. The molecule has 1 aliphatic rings. The summed E-state index contributed by atoms with van der Waals surface area (Å²) in [5.74, 6) is 0.553. The molecule has 0 bridgehead atoms.